The van der Waals surface area contributed by atoms with Gasteiger partial charge in [0.05, 0.1) is 11.6 Å². The lowest BCUT2D eigenvalue weighted by atomic mass is 10.3. The van der Waals surface area contributed by atoms with Crippen molar-refractivity contribution >= 4 is 11.8 Å². The molecule has 0 amide bonds. The molecule has 0 radical (unpaired) electrons. The van der Waals surface area contributed by atoms with Crippen molar-refractivity contribution < 1.29 is 4.74 Å². The van der Waals surface area contributed by atoms with Gasteiger partial charge in [-0.2, -0.15) is 0 Å². The van der Waals surface area contributed by atoms with Crippen LogP contribution < -0.4 is 5.32 Å². The minimum atomic E-state index is 0.742. The second kappa shape index (κ2) is 9.33. The Balaban J connectivity index is 2.24. The van der Waals surface area contributed by atoms with Crippen LogP contribution in [0.15, 0.2) is 23.4 Å². The third-order valence-corrected chi connectivity index (χ3v) is 3.32. The Kier molecular flexibility index (Phi) is 8.00. The van der Waals surface area contributed by atoms with Crippen LogP contribution in [0.25, 0.3) is 0 Å². The first kappa shape index (κ1) is 15.4. The van der Waals surface area contributed by atoms with Gasteiger partial charge < -0.3 is 15.0 Å². The molecule has 4 nitrogen and oxygen atoms in total. The number of thioether (sulfide) groups is 1. The number of nitrogens with zero attached hydrogens (tertiary/aromatic N) is 2. The topological polar surface area (TPSA) is 37.4 Å². The van der Waals surface area contributed by atoms with Gasteiger partial charge in [0.1, 0.15) is 0 Å². The van der Waals surface area contributed by atoms with Crippen LogP contribution in [0.1, 0.15) is 5.56 Å². The number of hydrogen-bond acceptors (Lipinski definition) is 5. The molecule has 18 heavy (non-hydrogen) atoms. The summed E-state index contributed by atoms with van der Waals surface area (Å²) in [6, 6.07) is 4.22. The zero-order valence-electron chi connectivity index (χ0n) is 11.5. The summed E-state index contributed by atoms with van der Waals surface area (Å²) in [6.07, 6.45) is 1.94. The molecule has 0 unspecified atom stereocenters. The third kappa shape index (κ3) is 6.96. The Morgan fingerprint density at radius 2 is 2.22 bits per heavy atom. The van der Waals surface area contributed by atoms with Gasteiger partial charge in [-0.3, -0.25) is 0 Å². The van der Waals surface area contributed by atoms with Gasteiger partial charge in [0, 0.05) is 38.7 Å². The second-order valence-corrected chi connectivity index (χ2v) is 5.44. The van der Waals surface area contributed by atoms with E-state index in [1.165, 1.54) is 5.56 Å². The number of pyridine rings is 1. The molecule has 1 heterocycles. The Hall–Kier alpha value is -0.620. The highest BCUT2D eigenvalue weighted by Crippen LogP contribution is 2.14. The Morgan fingerprint density at radius 1 is 1.39 bits per heavy atom. The Bertz CT molecular complexity index is 317. The van der Waals surface area contributed by atoms with Crippen LogP contribution in [0, 0.1) is 0 Å². The molecule has 0 saturated heterocycles. The van der Waals surface area contributed by atoms with Crippen LogP contribution in [0.2, 0.25) is 0 Å². The molecule has 102 valence electrons. The lowest BCUT2D eigenvalue weighted by Crippen LogP contribution is -2.18. The van der Waals surface area contributed by atoms with E-state index in [-0.39, 0.29) is 0 Å². The van der Waals surface area contributed by atoms with E-state index in [1.54, 1.807) is 18.9 Å². The van der Waals surface area contributed by atoms with E-state index in [0.717, 1.165) is 37.0 Å². The van der Waals surface area contributed by atoms with Gasteiger partial charge >= 0.3 is 0 Å². The van der Waals surface area contributed by atoms with E-state index in [9.17, 15) is 0 Å². The molecule has 1 aromatic rings. The summed E-state index contributed by atoms with van der Waals surface area (Å²) in [5, 5.41) is 4.40. The van der Waals surface area contributed by atoms with Crippen LogP contribution >= 0.6 is 11.8 Å². The van der Waals surface area contributed by atoms with Gasteiger partial charge in [-0.1, -0.05) is 6.07 Å². The van der Waals surface area contributed by atoms with E-state index in [1.807, 2.05) is 6.20 Å². The minimum Gasteiger partial charge on any atom is -0.383 e. The molecule has 0 aliphatic rings. The number of hydrogen-bond donors (Lipinski definition) is 1. The molecule has 0 aliphatic heterocycles. The zero-order chi connectivity index (χ0) is 13.2. The number of aromatic nitrogens is 1. The fourth-order valence-corrected chi connectivity index (χ4v) is 2.30. The molecule has 0 aromatic carbocycles. The molecule has 0 saturated carbocycles. The van der Waals surface area contributed by atoms with Gasteiger partial charge in [0.25, 0.3) is 0 Å². The van der Waals surface area contributed by atoms with Gasteiger partial charge in [0.15, 0.2) is 0 Å². The second-order valence-electron chi connectivity index (χ2n) is 4.33. The van der Waals surface area contributed by atoms with E-state index in [2.05, 4.69) is 41.4 Å². The maximum absolute atomic E-state index is 4.98. The summed E-state index contributed by atoms with van der Waals surface area (Å²) < 4.78 is 4.98. The molecule has 0 spiro atoms. The number of methoxy groups -OCH3 is 1. The summed E-state index contributed by atoms with van der Waals surface area (Å²) in [7, 11) is 5.88. The summed E-state index contributed by atoms with van der Waals surface area (Å²) >= 11 is 1.80. The first-order chi connectivity index (χ1) is 8.72. The Labute approximate surface area is 114 Å². The van der Waals surface area contributed by atoms with Gasteiger partial charge in [-0.15, -0.1) is 11.8 Å². The van der Waals surface area contributed by atoms with E-state index >= 15 is 0 Å². The van der Waals surface area contributed by atoms with Crippen molar-refractivity contribution in [1.29, 1.82) is 0 Å². The van der Waals surface area contributed by atoms with Crippen molar-refractivity contribution in [2.24, 2.45) is 0 Å². The van der Waals surface area contributed by atoms with Crippen molar-refractivity contribution in [2.75, 3.05) is 46.7 Å². The van der Waals surface area contributed by atoms with E-state index in [0.29, 0.717) is 0 Å². The molecule has 1 aromatic heterocycles. The lowest BCUT2D eigenvalue weighted by Gasteiger charge is -2.08. The zero-order valence-corrected chi connectivity index (χ0v) is 12.3. The third-order valence-electron chi connectivity index (χ3n) is 2.40. The van der Waals surface area contributed by atoms with E-state index < -0.39 is 0 Å². The van der Waals surface area contributed by atoms with Crippen LogP contribution in [0.4, 0.5) is 0 Å². The summed E-state index contributed by atoms with van der Waals surface area (Å²) in [5.41, 5.74) is 1.21. The van der Waals surface area contributed by atoms with Gasteiger partial charge in [-0.25, -0.2) is 4.98 Å². The summed E-state index contributed by atoms with van der Waals surface area (Å²) in [6.45, 7) is 3.54. The number of ether oxygens (including phenoxy) is 1. The average molecular weight is 269 g/mol. The monoisotopic (exact) mass is 269 g/mol. The predicted molar refractivity (Wildman–Crippen MR) is 77.1 cm³/mol. The van der Waals surface area contributed by atoms with Crippen molar-refractivity contribution in [3.8, 4) is 0 Å². The van der Waals surface area contributed by atoms with Crippen LogP contribution in [0.5, 0.6) is 0 Å². The highest BCUT2D eigenvalue weighted by molar-refractivity contribution is 7.99. The fraction of sp³-hybridized carbons (Fsp3) is 0.615. The minimum absolute atomic E-state index is 0.742. The maximum atomic E-state index is 4.98. The van der Waals surface area contributed by atoms with Crippen LogP contribution in [-0.2, 0) is 11.3 Å². The smallest absolute Gasteiger partial charge is 0.0960 e. The molecule has 5 heteroatoms. The number of rotatable bonds is 9. The first-order valence-electron chi connectivity index (χ1n) is 6.14. The Morgan fingerprint density at radius 3 is 2.83 bits per heavy atom. The SMILES string of the molecule is COCCNCc1ccc(SCCN(C)C)nc1. The van der Waals surface area contributed by atoms with Crippen LogP contribution in [0.3, 0.4) is 0 Å². The van der Waals surface area contributed by atoms with Crippen LogP contribution in [-0.4, -0.2) is 56.5 Å². The van der Waals surface area contributed by atoms with Gasteiger partial charge in [0.2, 0.25) is 0 Å². The standard InChI is InChI=1S/C13H23N3OS/c1-16(2)7-9-18-13-5-4-12(11-15-13)10-14-6-8-17-3/h4-5,11,14H,6-10H2,1-3H3. The average Bonchev–Trinajstić information content (AvgIpc) is 2.36. The fourth-order valence-electron chi connectivity index (χ4n) is 1.34. The lowest BCUT2D eigenvalue weighted by molar-refractivity contribution is 0.199. The summed E-state index contributed by atoms with van der Waals surface area (Å²) in [5.74, 6) is 1.07. The largest absolute Gasteiger partial charge is 0.383 e. The molecule has 0 fully saturated rings. The molecular formula is C13H23N3OS. The predicted octanol–water partition coefficient (Wildman–Crippen LogP) is 1.47. The number of nitrogens with one attached hydrogen (secondary N) is 1. The first-order valence-corrected chi connectivity index (χ1v) is 7.13. The molecule has 1 N–H and O–H groups in total. The van der Waals surface area contributed by atoms with Crippen molar-refractivity contribution in [1.82, 2.24) is 15.2 Å². The molecule has 0 bridgehead atoms. The molecule has 0 atom stereocenters. The van der Waals surface area contributed by atoms with Crippen molar-refractivity contribution in [2.45, 2.75) is 11.6 Å². The highest BCUT2D eigenvalue weighted by Gasteiger charge is 1.98. The maximum Gasteiger partial charge on any atom is 0.0960 e. The summed E-state index contributed by atoms with van der Waals surface area (Å²) in [4.78, 5) is 6.63. The van der Waals surface area contributed by atoms with Crippen molar-refractivity contribution in [3.63, 3.8) is 0 Å². The van der Waals surface area contributed by atoms with Gasteiger partial charge in [-0.05, 0) is 25.7 Å². The molecule has 1 rings (SSSR count). The van der Waals surface area contributed by atoms with Crippen molar-refractivity contribution in [3.05, 3.63) is 23.9 Å². The quantitative estimate of drug-likeness (QED) is 0.543. The molecular weight excluding hydrogens is 246 g/mol. The normalized spacial score (nSPS) is 11.1. The molecule has 0 aliphatic carbocycles. The van der Waals surface area contributed by atoms with E-state index in [4.69, 9.17) is 4.74 Å². The highest BCUT2D eigenvalue weighted by atomic mass is 32.2.